The van der Waals surface area contributed by atoms with E-state index in [4.69, 9.17) is 5.73 Å². The molecule has 7 heavy (non-hydrogen) atoms. The van der Waals surface area contributed by atoms with E-state index < -0.39 is 0 Å². The third kappa shape index (κ3) is 1.70. The number of anilines is 1. The van der Waals surface area contributed by atoms with Gasteiger partial charge < -0.3 is 5.73 Å². The van der Waals surface area contributed by atoms with Crippen LogP contribution in [-0.4, -0.2) is 9.59 Å². The Balaban J connectivity index is 0.000000360. The Morgan fingerprint density at radius 3 is 2.57 bits per heavy atom. The van der Waals surface area contributed by atoms with Gasteiger partial charge in [0, 0.05) is 11.5 Å². The molecule has 1 aromatic rings. The van der Waals surface area contributed by atoms with E-state index in [2.05, 4.69) is 9.59 Å². The van der Waals surface area contributed by atoms with Crippen molar-refractivity contribution >= 4 is 28.9 Å². The minimum Gasteiger partial charge on any atom is -0.388 e. The standard InChI is InChI=1S/C2H3N3S.ClH/c3-2-1-4-5-6-2;/h1H,3H2;1H. The van der Waals surface area contributed by atoms with E-state index >= 15 is 0 Å². The lowest BCUT2D eigenvalue weighted by Gasteiger charge is -1.63. The van der Waals surface area contributed by atoms with E-state index in [-0.39, 0.29) is 12.4 Å². The second-order valence-corrected chi connectivity index (χ2v) is 1.64. The van der Waals surface area contributed by atoms with Crippen LogP contribution in [0.1, 0.15) is 0 Å². The molecule has 0 radical (unpaired) electrons. The van der Waals surface area contributed by atoms with E-state index in [1.54, 1.807) is 0 Å². The molecule has 0 atom stereocenters. The molecular weight excluding hydrogens is 134 g/mol. The quantitative estimate of drug-likeness (QED) is 0.568. The number of hydrogen-bond acceptors (Lipinski definition) is 4. The summed E-state index contributed by atoms with van der Waals surface area (Å²) in [5.74, 6) is 0. The van der Waals surface area contributed by atoms with E-state index in [1.165, 1.54) is 17.7 Å². The molecule has 40 valence electrons. The Morgan fingerprint density at radius 2 is 2.43 bits per heavy atom. The van der Waals surface area contributed by atoms with Crippen LogP contribution in [0.3, 0.4) is 0 Å². The molecular formula is C2H4ClN3S. The SMILES string of the molecule is Cl.Nc1cnns1. The first-order chi connectivity index (χ1) is 2.89. The number of rotatable bonds is 0. The Labute approximate surface area is 51.1 Å². The van der Waals surface area contributed by atoms with Gasteiger partial charge >= 0.3 is 0 Å². The molecule has 0 amide bonds. The molecule has 0 aliphatic heterocycles. The number of halogens is 1. The van der Waals surface area contributed by atoms with Crippen molar-refractivity contribution in [3.63, 3.8) is 0 Å². The van der Waals surface area contributed by atoms with Crippen molar-refractivity contribution in [3.05, 3.63) is 6.20 Å². The molecule has 3 nitrogen and oxygen atoms in total. The summed E-state index contributed by atoms with van der Waals surface area (Å²) in [6.07, 6.45) is 1.52. The Morgan fingerprint density at radius 1 is 1.71 bits per heavy atom. The van der Waals surface area contributed by atoms with Crippen molar-refractivity contribution in [2.75, 3.05) is 5.73 Å². The third-order valence-corrected chi connectivity index (χ3v) is 0.871. The van der Waals surface area contributed by atoms with Crippen molar-refractivity contribution < 1.29 is 0 Å². The molecule has 0 spiro atoms. The molecule has 1 aromatic heterocycles. The molecule has 0 bridgehead atoms. The predicted octanol–water partition coefficient (Wildman–Crippen LogP) is 0.542. The van der Waals surface area contributed by atoms with Crippen molar-refractivity contribution in [1.82, 2.24) is 9.59 Å². The molecule has 0 aliphatic carbocycles. The number of hydrogen-bond donors (Lipinski definition) is 1. The van der Waals surface area contributed by atoms with Crippen molar-refractivity contribution in [3.8, 4) is 0 Å². The highest BCUT2D eigenvalue weighted by Gasteiger charge is 1.78. The molecule has 0 saturated carbocycles. The molecule has 5 heteroatoms. The van der Waals surface area contributed by atoms with Crippen LogP contribution in [0.15, 0.2) is 6.20 Å². The van der Waals surface area contributed by atoms with Crippen LogP contribution in [0.4, 0.5) is 5.00 Å². The topological polar surface area (TPSA) is 51.8 Å². The lowest BCUT2D eigenvalue weighted by molar-refractivity contribution is 1.16. The van der Waals surface area contributed by atoms with Gasteiger partial charge in [-0.15, -0.1) is 17.5 Å². The highest BCUT2D eigenvalue weighted by atomic mass is 35.5. The summed E-state index contributed by atoms with van der Waals surface area (Å²) in [6, 6.07) is 0. The van der Waals surface area contributed by atoms with Gasteiger partial charge in [0.2, 0.25) is 0 Å². The largest absolute Gasteiger partial charge is 0.388 e. The van der Waals surface area contributed by atoms with Gasteiger partial charge in [0.05, 0.1) is 6.20 Å². The van der Waals surface area contributed by atoms with Gasteiger partial charge in [0.15, 0.2) is 0 Å². The van der Waals surface area contributed by atoms with Crippen molar-refractivity contribution in [2.24, 2.45) is 0 Å². The summed E-state index contributed by atoms with van der Waals surface area (Å²) in [5.41, 5.74) is 5.17. The smallest absolute Gasteiger partial charge is 0.127 e. The number of aromatic nitrogens is 2. The van der Waals surface area contributed by atoms with Crippen LogP contribution in [-0.2, 0) is 0 Å². The fraction of sp³-hybridized carbons (Fsp3) is 0. The molecule has 0 saturated heterocycles. The number of nitrogen functional groups attached to an aromatic ring is 1. The summed E-state index contributed by atoms with van der Waals surface area (Å²) in [7, 11) is 0. The van der Waals surface area contributed by atoms with Crippen LogP contribution in [0.25, 0.3) is 0 Å². The maximum Gasteiger partial charge on any atom is 0.127 e. The molecule has 1 heterocycles. The van der Waals surface area contributed by atoms with Crippen LogP contribution >= 0.6 is 23.9 Å². The second-order valence-electron chi connectivity index (χ2n) is 0.820. The molecule has 1 rings (SSSR count). The lowest BCUT2D eigenvalue weighted by atomic mass is 10.9. The minimum atomic E-state index is 0. The minimum absolute atomic E-state index is 0. The fourth-order valence-corrected chi connectivity index (χ4v) is 0.458. The van der Waals surface area contributed by atoms with Crippen LogP contribution in [0, 0.1) is 0 Å². The average Bonchev–Trinajstić information content (AvgIpc) is 1.86. The van der Waals surface area contributed by atoms with E-state index in [1.807, 2.05) is 0 Å². The Kier molecular flexibility index (Phi) is 2.62. The zero-order chi connectivity index (χ0) is 4.41. The summed E-state index contributed by atoms with van der Waals surface area (Å²) < 4.78 is 3.49. The lowest BCUT2D eigenvalue weighted by Crippen LogP contribution is -1.73. The van der Waals surface area contributed by atoms with Gasteiger partial charge in [-0.05, 0) is 0 Å². The Bertz CT molecular complexity index is 116. The molecule has 0 aliphatic rings. The normalized spacial score (nSPS) is 7.43. The molecule has 2 N–H and O–H groups in total. The number of nitrogens with two attached hydrogens (primary N) is 1. The van der Waals surface area contributed by atoms with Gasteiger partial charge in [-0.2, -0.15) is 0 Å². The summed E-state index contributed by atoms with van der Waals surface area (Å²) in [6.45, 7) is 0. The van der Waals surface area contributed by atoms with Gasteiger partial charge in [-0.1, -0.05) is 4.49 Å². The van der Waals surface area contributed by atoms with Gasteiger partial charge in [-0.25, -0.2) is 0 Å². The highest BCUT2D eigenvalue weighted by molar-refractivity contribution is 7.09. The summed E-state index contributed by atoms with van der Waals surface area (Å²) in [5, 5.41) is 4.13. The molecule has 0 fully saturated rings. The molecule has 0 aromatic carbocycles. The van der Waals surface area contributed by atoms with Gasteiger partial charge in [-0.3, -0.25) is 0 Å². The average molecular weight is 138 g/mol. The first kappa shape index (κ1) is 6.65. The zero-order valence-electron chi connectivity index (χ0n) is 3.37. The van der Waals surface area contributed by atoms with E-state index in [0.29, 0.717) is 5.00 Å². The van der Waals surface area contributed by atoms with Crippen LogP contribution in [0.5, 0.6) is 0 Å². The van der Waals surface area contributed by atoms with Crippen molar-refractivity contribution in [2.45, 2.75) is 0 Å². The zero-order valence-corrected chi connectivity index (χ0v) is 5.00. The maximum atomic E-state index is 5.17. The summed E-state index contributed by atoms with van der Waals surface area (Å²) in [4.78, 5) is 0. The van der Waals surface area contributed by atoms with Gasteiger partial charge in [0.25, 0.3) is 0 Å². The van der Waals surface area contributed by atoms with Crippen LogP contribution in [0.2, 0.25) is 0 Å². The summed E-state index contributed by atoms with van der Waals surface area (Å²) >= 11 is 1.19. The van der Waals surface area contributed by atoms with Crippen LogP contribution < -0.4 is 5.73 Å². The monoisotopic (exact) mass is 137 g/mol. The Hall–Kier alpha value is -0.350. The maximum absolute atomic E-state index is 5.17. The van der Waals surface area contributed by atoms with E-state index in [0.717, 1.165) is 0 Å². The number of nitrogens with zero attached hydrogens (tertiary/aromatic N) is 2. The van der Waals surface area contributed by atoms with Gasteiger partial charge in [0.1, 0.15) is 5.00 Å². The van der Waals surface area contributed by atoms with E-state index in [9.17, 15) is 0 Å². The molecule has 0 unspecified atom stereocenters. The second kappa shape index (κ2) is 2.76. The predicted molar refractivity (Wildman–Crippen MR) is 31.6 cm³/mol. The fourth-order valence-electron chi connectivity index (χ4n) is 0.175. The highest BCUT2D eigenvalue weighted by Crippen LogP contribution is 1.99. The first-order valence-electron chi connectivity index (χ1n) is 1.42. The third-order valence-electron chi connectivity index (χ3n) is 0.378. The first-order valence-corrected chi connectivity index (χ1v) is 2.20. The van der Waals surface area contributed by atoms with Crippen molar-refractivity contribution in [1.29, 1.82) is 0 Å².